The van der Waals surface area contributed by atoms with Gasteiger partial charge in [-0.3, -0.25) is 0 Å². The second-order valence-electron chi connectivity index (χ2n) is 6.50. The lowest BCUT2D eigenvalue weighted by Crippen LogP contribution is -2.44. The Bertz CT molecular complexity index is 279. The van der Waals surface area contributed by atoms with E-state index in [9.17, 15) is 0 Å². The van der Waals surface area contributed by atoms with E-state index in [0.717, 1.165) is 25.7 Å². The summed E-state index contributed by atoms with van der Waals surface area (Å²) in [5.74, 6) is 0. The minimum atomic E-state index is 0.235. The molecule has 2 aliphatic rings. The summed E-state index contributed by atoms with van der Waals surface area (Å²) in [6, 6.07) is 0. The lowest BCUT2D eigenvalue weighted by atomic mass is 9.70. The van der Waals surface area contributed by atoms with Crippen LogP contribution in [0.15, 0.2) is 25.3 Å². The number of allylic oxidation sites excluding steroid dienone is 2. The van der Waals surface area contributed by atoms with E-state index in [4.69, 9.17) is 9.47 Å². The summed E-state index contributed by atoms with van der Waals surface area (Å²) in [7, 11) is 0. The van der Waals surface area contributed by atoms with E-state index in [0.29, 0.717) is 24.4 Å². The highest BCUT2D eigenvalue weighted by Gasteiger charge is 2.40. The third-order valence-electron chi connectivity index (χ3n) is 4.52. The Morgan fingerprint density at radius 3 is 1.58 bits per heavy atom. The Morgan fingerprint density at radius 2 is 1.32 bits per heavy atom. The average Bonchev–Trinajstić information content (AvgIpc) is 2.25. The second kappa shape index (κ2) is 6.23. The molecule has 19 heavy (non-hydrogen) atoms. The monoisotopic (exact) mass is 264 g/mol. The average molecular weight is 264 g/mol. The molecule has 0 aromatic carbocycles. The van der Waals surface area contributed by atoms with E-state index < -0.39 is 0 Å². The lowest BCUT2D eigenvalue weighted by molar-refractivity contribution is -0.155. The molecule has 0 bridgehead atoms. The van der Waals surface area contributed by atoms with Crippen LogP contribution in [0.2, 0.25) is 0 Å². The second-order valence-corrected chi connectivity index (χ2v) is 6.50. The zero-order valence-electron chi connectivity index (χ0n) is 12.4. The maximum Gasteiger partial charge on any atom is 0.0608 e. The van der Waals surface area contributed by atoms with E-state index in [2.05, 4.69) is 27.0 Å². The highest BCUT2D eigenvalue weighted by Crippen LogP contribution is 2.44. The fraction of sp³-hybridized carbons (Fsp3) is 0.765. The molecular formula is C17H28O2. The third kappa shape index (κ3) is 3.70. The van der Waals surface area contributed by atoms with Crippen LogP contribution in [-0.2, 0) is 9.47 Å². The van der Waals surface area contributed by atoms with Gasteiger partial charge >= 0.3 is 0 Å². The van der Waals surface area contributed by atoms with Crippen molar-refractivity contribution in [3.05, 3.63) is 25.3 Å². The van der Waals surface area contributed by atoms with Crippen molar-refractivity contribution in [3.8, 4) is 0 Å². The molecule has 0 N–H and O–H groups in total. The SMILES string of the molecule is C=CCC(CC=C)(CC1CC(C)O1)CC1CC(C)O1. The molecular weight excluding hydrogens is 236 g/mol. The first-order valence-corrected chi connectivity index (χ1v) is 7.59. The number of hydrogen-bond acceptors (Lipinski definition) is 2. The number of hydrogen-bond donors (Lipinski definition) is 0. The molecule has 4 unspecified atom stereocenters. The van der Waals surface area contributed by atoms with Crippen molar-refractivity contribution in [1.29, 1.82) is 0 Å². The fourth-order valence-electron chi connectivity index (χ4n) is 3.72. The van der Waals surface area contributed by atoms with E-state index in [1.807, 2.05) is 12.2 Å². The molecule has 0 amide bonds. The Kier molecular flexibility index (Phi) is 4.86. The molecule has 0 radical (unpaired) electrons. The van der Waals surface area contributed by atoms with Crippen molar-refractivity contribution in [2.24, 2.45) is 5.41 Å². The van der Waals surface area contributed by atoms with Gasteiger partial charge in [-0.2, -0.15) is 0 Å². The van der Waals surface area contributed by atoms with Crippen LogP contribution in [0, 0.1) is 5.41 Å². The summed E-state index contributed by atoms with van der Waals surface area (Å²) in [6.07, 6.45) is 12.5. The van der Waals surface area contributed by atoms with Gasteiger partial charge < -0.3 is 9.47 Å². The Balaban J connectivity index is 1.96. The van der Waals surface area contributed by atoms with E-state index in [1.54, 1.807) is 0 Å². The van der Waals surface area contributed by atoms with E-state index in [1.165, 1.54) is 12.8 Å². The van der Waals surface area contributed by atoms with Crippen molar-refractivity contribution in [2.75, 3.05) is 0 Å². The molecule has 0 saturated carbocycles. The topological polar surface area (TPSA) is 18.5 Å². The molecule has 0 spiro atoms. The highest BCUT2D eigenvalue weighted by molar-refractivity contribution is 4.97. The molecule has 2 heteroatoms. The largest absolute Gasteiger partial charge is 0.375 e. The van der Waals surface area contributed by atoms with Gasteiger partial charge in [0.1, 0.15) is 0 Å². The van der Waals surface area contributed by atoms with Crippen LogP contribution in [0.25, 0.3) is 0 Å². The fourth-order valence-corrected chi connectivity index (χ4v) is 3.72. The first-order valence-electron chi connectivity index (χ1n) is 7.59. The molecule has 2 fully saturated rings. The van der Waals surface area contributed by atoms with Crippen LogP contribution in [0.5, 0.6) is 0 Å². The van der Waals surface area contributed by atoms with Crippen LogP contribution < -0.4 is 0 Å². The molecule has 2 aliphatic heterocycles. The van der Waals surface area contributed by atoms with Gasteiger partial charge in [0.15, 0.2) is 0 Å². The summed E-state index contributed by atoms with van der Waals surface area (Å²) in [6.45, 7) is 12.2. The van der Waals surface area contributed by atoms with Crippen molar-refractivity contribution in [3.63, 3.8) is 0 Å². The van der Waals surface area contributed by atoms with Gasteiger partial charge in [-0.05, 0) is 57.8 Å². The molecule has 2 rings (SSSR count). The molecule has 2 heterocycles. The van der Waals surface area contributed by atoms with Gasteiger partial charge in [0, 0.05) is 0 Å². The standard InChI is InChI=1S/C17H28O2/c1-5-7-17(8-6-2,11-15-9-13(3)18-15)12-16-10-14(4)19-16/h5-6,13-16H,1-2,7-12H2,3-4H3. The van der Waals surface area contributed by atoms with Crippen molar-refractivity contribution >= 4 is 0 Å². The smallest absolute Gasteiger partial charge is 0.0608 e. The minimum absolute atomic E-state index is 0.235. The van der Waals surface area contributed by atoms with Crippen molar-refractivity contribution in [2.45, 2.75) is 76.8 Å². The van der Waals surface area contributed by atoms with Crippen molar-refractivity contribution in [1.82, 2.24) is 0 Å². The predicted octanol–water partition coefficient (Wildman–Crippen LogP) is 4.26. The minimum Gasteiger partial charge on any atom is -0.375 e. The van der Waals surface area contributed by atoms with Gasteiger partial charge in [0.25, 0.3) is 0 Å². The Hall–Kier alpha value is -0.600. The van der Waals surface area contributed by atoms with Crippen LogP contribution in [0.1, 0.15) is 52.4 Å². The molecule has 2 nitrogen and oxygen atoms in total. The van der Waals surface area contributed by atoms with Crippen LogP contribution >= 0.6 is 0 Å². The van der Waals surface area contributed by atoms with Gasteiger partial charge in [0.05, 0.1) is 24.4 Å². The van der Waals surface area contributed by atoms with Gasteiger partial charge in [-0.15, -0.1) is 13.2 Å². The van der Waals surface area contributed by atoms with Crippen LogP contribution in [0.3, 0.4) is 0 Å². The van der Waals surface area contributed by atoms with E-state index in [-0.39, 0.29) is 5.41 Å². The highest BCUT2D eigenvalue weighted by atomic mass is 16.5. The quantitative estimate of drug-likeness (QED) is 0.610. The molecule has 0 aromatic heterocycles. The van der Waals surface area contributed by atoms with Gasteiger partial charge in [-0.25, -0.2) is 0 Å². The van der Waals surface area contributed by atoms with Gasteiger partial charge in [0.2, 0.25) is 0 Å². The van der Waals surface area contributed by atoms with E-state index >= 15 is 0 Å². The lowest BCUT2D eigenvalue weighted by Gasteiger charge is -2.45. The van der Waals surface area contributed by atoms with Crippen LogP contribution in [0.4, 0.5) is 0 Å². The molecule has 108 valence electrons. The zero-order valence-corrected chi connectivity index (χ0v) is 12.4. The first-order chi connectivity index (χ1) is 9.07. The normalized spacial score (nSPS) is 34.2. The number of ether oxygens (including phenoxy) is 2. The predicted molar refractivity (Wildman–Crippen MR) is 79.2 cm³/mol. The molecule has 0 aromatic rings. The summed E-state index contributed by atoms with van der Waals surface area (Å²) < 4.78 is 11.7. The molecule has 0 aliphatic carbocycles. The zero-order chi connectivity index (χ0) is 13.9. The summed E-state index contributed by atoms with van der Waals surface area (Å²) >= 11 is 0. The molecule has 2 saturated heterocycles. The van der Waals surface area contributed by atoms with Gasteiger partial charge in [-0.1, -0.05) is 12.2 Å². The Labute approximate surface area is 117 Å². The summed E-state index contributed by atoms with van der Waals surface area (Å²) in [4.78, 5) is 0. The maximum absolute atomic E-state index is 5.83. The van der Waals surface area contributed by atoms with Crippen molar-refractivity contribution < 1.29 is 9.47 Å². The first kappa shape index (κ1) is 14.8. The molecule has 4 atom stereocenters. The third-order valence-corrected chi connectivity index (χ3v) is 4.52. The Morgan fingerprint density at radius 1 is 0.947 bits per heavy atom. The van der Waals surface area contributed by atoms with Crippen LogP contribution in [-0.4, -0.2) is 24.4 Å². The maximum atomic E-state index is 5.83. The number of rotatable bonds is 8. The summed E-state index contributed by atoms with van der Waals surface area (Å²) in [5, 5.41) is 0. The summed E-state index contributed by atoms with van der Waals surface area (Å²) in [5.41, 5.74) is 0.235.